The third-order valence-electron chi connectivity index (χ3n) is 6.10. The normalized spacial score (nSPS) is 13.6. The minimum Gasteiger partial charge on any atom is -0.395 e. The molecule has 0 radical (unpaired) electrons. The Morgan fingerprint density at radius 3 is 1.07 bits per heavy atom. The molecule has 0 aromatic rings. The summed E-state index contributed by atoms with van der Waals surface area (Å²) in [5, 5.41) is 32.1. The van der Waals surface area contributed by atoms with Crippen LogP contribution in [0.15, 0.2) is 0 Å². The Labute approximate surface area is 186 Å². The van der Waals surface area contributed by atoms with Crippen molar-refractivity contribution in [3.05, 3.63) is 0 Å². The van der Waals surface area contributed by atoms with Crippen molar-refractivity contribution in [3.8, 4) is 0 Å². The maximum absolute atomic E-state index is 12.4. The molecule has 0 saturated heterocycles. The van der Waals surface area contributed by atoms with Gasteiger partial charge in [0, 0.05) is 26.2 Å². The SMILES string of the molecule is CN(C)CCC(O)(CCN(C)C)C(CCN(C)C)(CCN(C)C)N(CCO)CCO. The number of aliphatic hydroxyl groups excluding tert-OH is 2. The molecule has 0 rings (SSSR count). The molecule has 0 heterocycles. The molecule has 0 unspecified atom stereocenters. The highest BCUT2D eigenvalue weighted by molar-refractivity contribution is 5.08. The first-order valence-corrected chi connectivity index (χ1v) is 11.2. The standard InChI is InChI=1S/C22H51N5O3/c1-23(2)13-9-21(10-14-24(3)4,27(17-19-28)18-20-29)22(30,11-15-25(5)6)12-16-26(7)8/h28-30H,9-20H2,1-8H3. The maximum atomic E-state index is 12.4. The quantitative estimate of drug-likeness (QED) is 0.268. The van der Waals surface area contributed by atoms with Gasteiger partial charge in [0.2, 0.25) is 0 Å². The minimum absolute atomic E-state index is 0.00309. The highest BCUT2D eigenvalue weighted by atomic mass is 16.3. The molecule has 0 amide bonds. The Kier molecular flexibility index (Phi) is 14.5. The van der Waals surface area contributed by atoms with Crippen molar-refractivity contribution < 1.29 is 15.3 Å². The average molecular weight is 434 g/mol. The van der Waals surface area contributed by atoms with Crippen LogP contribution in [-0.4, -0.2) is 160 Å². The molecule has 0 aliphatic heterocycles. The number of nitrogens with zero attached hydrogens (tertiary/aromatic N) is 5. The second-order valence-corrected chi connectivity index (χ2v) is 9.71. The van der Waals surface area contributed by atoms with Crippen LogP contribution >= 0.6 is 0 Å². The van der Waals surface area contributed by atoms with E-state index in [0.717, 1.165) is 39.0 Å². The number of aliphatic hydroxyl groups is 3. The first-order valence-electron chi connectivity index (χ1n) is 11.2. The van der Waals surface area contributed by atoms with E-state index in [4.69, 9.17) is 0 Å². The third-order valence-corrected chi connectivity index (χ3v) is 6.10. The van der Waals surface area contributed by atoms with Gasteiger partial charge >= 0.3 is 0 Å². The van der Waals surface area contributed by atoms with E-state index < -0.39 is 11.1 Å². The lowest BCUT2D eigenvalue weighted by molar-refractivity contribution is -0.144. The van der Waals surface area contributed by atoms with Gasteiger partial charge in [-0.05, 0) is 95.2 Å². The zero-order chi connectivity index (χ0) is 23.4. The zero-order valence-corrected chi connectivity index (χ0v) is 21.1. The fourth-order valence-electron chi connectivity index (χ4n) is 4.21. The fraction of sp³-hybridized carbons (Fsp3) is 1.00. The Balaban J connectivity index is 6.43. The summed E-state index contributed by atoms with van der Waals surface area (Å²) in [6.45, 7) is 4.09. The Morgan fingerprint density at radius 2 is 0.800 bits per heavy atom. The molecule has 3 N–H and O–H groups in total. The van der Waals surface area contributed by atoms with Gasteiger partial charge in [-0.25, -0.2) is 0 Å². The molecule has 0 aromatic carbocycles. The highest BCUT2D eigenvalue weighted by Crippen LogP contribution is 2.41. The van der Waals surface area contributed by atoms with Crippen molar-refractivity contribution in [1.29, 1.82) is 0 Å². The van der Waals surface area contributed by atoms with E-state index in [1.54, 1.807) is 0 Å². The summed E-state index contributed by atoms with van der Waals surface area (Å²) in [5.41, 5.74) is -1.52. The van der Waals surface area contributed by atoms with Gasteiger partial charge in [0.15, 0.2) is 0 Å². The predicted octanol–water partition coefficient (Wildman–Crippen LogP) is -0.450. The number of hydrogen-bond donors (Lipinski definition) is 3. The lowest BCUT2D eigenvalue weighted by Crippen LogP contribution is -2.68. The number of hydrogen-bond acceptors (Lipinski definition) is 8. The van der Waals surface area contributed by atoms with Crippen molar-refractivity contribution in [2.45, 2.75) is 36.8 Å². The van der Waals surface area contributed by atoms with E-state index in [-0.39, 0.29) is 13.2 Å². The molecule has 0 saturated carbocycles. The van der Waals surface area contributed by atoms with E-state index in [9.17, 15) is 15.3 Å². The summed E-state index contributed by atoms with van der Waals surface area (Å²) >= 11 is 0. The smallest absolute Gasteiger partial charge is 0.0855 e. The van der Waals surface area contributed by atoms with Crippen LogP contribution in [0.25, 0.3) is 0 Å². The highest BCUT2D eigenvalue weighted by Gasteiger charge is 2.52. The van der Waals surface area contributed by atoms with Crippen molar-refractivity contribution in [2.75, 3.05) is 109 Å². The molecular formula is C22H51N5O3. The lowest BCUT2D eigenvalue weighted by atomic mass is 9.69. The molecule has 8 heteroatoms. The molecular weight excluding hydrogens is 382 g/mol. The summed E-state index contributed by atoms with van der Waals surface area (Å²) < 4.78 is 0. The van der Waals surface area contributed by atoms with Gasteiger partial charge in [-0.15, -0.1) is 0 Å². The fourth-order valence-corrected chi connectivity index (χ4v) is 4.21. The van der Waals surface area contributed by atoms with Crippen molar-refractivity contribution in [2.24, 2.45) is 0 Å². The molecule has 0 atom stereocenters. The zero-order valence-electron chi connectivity index (χ0n) is 21.1. The summed E-state index contributed by atoms with van der Waals surface area (Å²) in [6.07, 6.45) is 2.82. The van der Waals surface area contributed by atoms with Gasteiger partial charge in [0.25, 0.3) is 0 Å². The largest absolute Gasteiger partial charge is 0.395 e. The van der Waals surface area contributed by atoms with Crippen molar-refractivity contribution >= 4 is 0 Å². The molecule has 0 aliphatic carbocycles. The summed E-state index contributed by atoms with van der Waals surface area (Å²) in [6, 6.07) is 0. The topological polar surface area (TPSA) is 76.9 Å². The third kappa shape index (κ3) is 9.87. The van der Waals surface area contributed by atoms with Crippen LogP contribution in [0.4, 0.5) is 0 Å². The second-order valence-electron chi connectivity index (χ2n) is 9.71. The van der Waals surface area contributed by atoms with E-state index in [1.165, 1.54) is 0 Å². The molecule has 182 valence electrons. The van der Waals surface area contributed by atoms with Gasteiger partial charge in [-0.2, -0.15) is 0 Å². The van der Waals surface area contributed by atoms with Crippen LogP contribution in [0.2, 0.25) is 0 Å². The molecule has 30 heavy (non-hydrogen) atoms. The lowest BCUT2D eigenvalue weighted by Gasteiger charge is -2.55. The first kappa shape index (κ1) is 29.7. The predicted molar refractivity (Wildman–Crippen MR) is 126 cm³/mol. The Bertz CT molecular complexity index is 403. The Hall–Kier alpha value is -0.320. The summed E-state index contributed by atoms with van der Waals surface area (Å²) in [4.78, 5) is 10.7. The monoisotopic (exact) mass is 433 g/mol. The minimum atomic E-state index is -0.960. The van der Waals surface area contributed by atoms with E-state index in [1.807, 2.05) is 28.2 Å². The van der Waals surface area contributed by atoms with E-state index in [0.29, 0.717) is 25.9 Å². The Morgan fingerprint density at radius 1 is 0.500 bits per heavy atom. The van der Waals surface area contributed by atoms with Crippen molar-refractivity contribution in [1.82, 2.24) is 24.5 Å². The van der Waals surface area contributed by atoms with Crippen LogP contribution < -0.4 is 0 Å². The van der Waals surface area contributed by atoms with E-state index in [2.05, 4.69) is 52.7 Å². The summed E-state index contributed by atoms with van der Waals surface area (Å²) in [5.74, 6) is 0. The van der Waals surface area contributed by atoms with Crippen LogP contribution in [0, 0.1) is 0 Å². The van der Waals surface area contributed by atoms with Crippen LogP contribution in [0.1, 0.15) is 25.7 Å². The molecule has 0 aliphatic rings. The average Bonchev–Trinajstić information content (AvgIpc) is 2.64. The number of β-amino-alcohol motifs (C(OH)–C–C–N with tert-alkyl or cyclic N) is 2. The molecule has 0 aromatic heterocycles. The molecule has 0 fully saturated rings. The van der Waals surface area contributed by atoms with Gasteiger partial charge in [-0.3, -0.25) is 4.90 Å². The first-order chi connectivity index (χ1) is 13.9. The van der Waals surface area contributed by atoms with Gasteiger partial charge in [0.05, 0.1) is 24.4 Å². The van der Waals surface area contributed by atoms with Crippen LogP contribution in [0.5, 0.6) is 0 Å². The van der Waals surface area contributed by atoms with Crippen molar-refractivity contribution in [3.63, 3.8) is 0 Å². The van der Waals surface area contributed by atoms with Crippen LogP contribution in [-0.2, 0) is 0 Å². The van der Waals surface area contributed by atoms with E-state index >= 15 is 0 Å². The van der Waals surface area contributed by atoms with Crippen LogP contribution in [0.3, 0.4) is 0 Å². The molecule has 8 nitrogen and oxygen atoms in total. The molecule has 0 bridgehead atoms. The van der Waals surface area contributed by atoms with Gasteiger partial charge < -0.3 is 34.9 Å². The van der Waals surface area contributed by atoms with Gasteiger partial charge in [-0.1, -0.05) is 0 Å². The maximum Gasteiger partial charge on any atom is 0.0855 e. The summed E-state index contributed by atoms with van der Waals surface area (Å²) in [7, 11) is 16.4. The molecule has 0 spiro atoms. The second kappa shape index (κ2) is 14.7. The number of rotatable bonds is 18. The van der Waals surface area contributed by atoms with Gasteiger partial charge in [0.1, 0.15) is 0 Å².